The van der Waals surface area contributed by atoms with Crippen LogP contribution in [-0.2, 0) is 13.1 Å². The summed E-state index contributed by atoms with van der Waals surface area (Å²) in [4.78, 5) is 12.0. The zero-order valence-electron chi connectivity index (χ0n) is 17.0. The molecule has 146 valence electrons. The normalized spacial score (nSPS) is 20.0. The number of benzene rings is 1. The third-order valence-corrected chi connectivity index (χ3v) is 6.20. The van der Waals surface area contributed by atoms with E-state index in [1.807, 2.05) is 6.92 Å². The van der Waals surface area contributed by atoms with E-state index in [9.17, 15) is 9.90 Å². The number of carboxylic acid groups (broad SMARTS) is 1. The van der Waals surface area contributed by atoms with Gasteiger partial charge in [-0.2, -0.15) is 0 Å². The van der Waals surface area contributed by atoms with Gasteiger partial charge < -0.3 is 15.0 Å². The highest BCUT2D eigenvalue weighted by molar-refractivity contribution is 5.91. The number of carbonyl (C=O) groups is 1. The quantitative estimate of drug-likeness (QED) is 0.768. The third kappa shape index (κ3) is 4.27. The van der Waals surface area contributed by atoms with Crippen molar-refractivity contribution in [2.75, 3.05) is 0 Å². The van der Waals surface area contributed by atoms with Crippen molar-refractivity contribution in [3.05, 3.63) is 57.9 Å². The number of hydrogen-bond acceptors (Lipinski definition) is 2. The predicted molar refractivity (Wildman–Crippen MR) is 109 cm³/mol. The molecule has 0 bridgehead atoms. The topological polar surface area (TPSA) is 54.3 Å². The number of nitrogens with zero attached hydrogens (tertiary/aromatic N) is 1. The van der Waals surface area contributed by atoms with Crippen molar-refractivity contribution in [3.8, 4) is 0 Å². The largest absolute Gasteiger partial charge is 0.478 e. The summed E-state index contributed by atoms with van der Waals surface area (Å²) < 4.78 is 2.15. The molecule has 2 aromatic rings. The summed E-state index contributed by atoms with van der Waals surface area (Å²) in [6.07, 6.45) is 5.02. The molecule has 1 fully saturated rings. The Labute approximate surface area is 162 Å². The van der Waals surface area contributed by atoms with Gasteiger partial charge in [0, 0.05) is 36.1 Å². The summed E-state index contributed by atoms with van der Waals surface area (Å²) in [6.45, 7) is 9.71. The van der Waals surface area contributed by atoms with Crippen molar-refractivity contribution in [3.63, 3.8) is 0 Å². The van der Waals surface area contributed by atoms with Gasteiger partial charge in [0.2, 0.25) is 0 Å². The van der Waals surface area contributed by atoms with Crippen LogP contribution < -0.4 is 5.32 Å². The van der Waals surface area contributed by atoms with E-state index in [2.05, 4.69) is 54.9 Å². The van der Waals surface area contributed by atoms with E-state index in [-0.39, 0.29) is 0 Å². The first kappa shape index (κ1) is 19.7. The SMILES string of the molecule is Cc1cccc(Cn2c(C)c(CN[C@H]3CCCC[C@@H]3C)c(C(=O)O)c2C)c1. The van der Waals surface area contributed by atoms with Gasteiger partial charge in [-0.1, -0.05) is 49.6 Å². The van der Waals surface area contributed by atoms with Gasteiger partial charge in [-0.25, -0.2) is 4.79 Å². The maximum absolute atomic E-state index is 12.0. The highest BCUT2D eigenvalue weighted by Crippen LogP contribution is 2.27. The number of nitrogens with one attached hydrogen (secondary N) is 1. The molecule has 0 aliphatic heterocycles. The Morgan fingerprint density at radius 1 is 1.19 bits per heavy atom. The predicted octanol–water partition coefficient (Wildman–Crippen LogP) is 4.83. The molecule has 1 aromatic heterocycles. The summed E-state index contributed by atoms with van der Waals surface area (Å²) in [7, 11) is 0. The first-order valence-electron chi connectivity index (χ1n) is 10.1. The second kappa shape index (κ2) is 8.30. The molecular formula is C23H32N2O2. The second-order valence-electron chi connectivity index (χ2n) is 8.15. The molecule has 1 heterocycles. The van der Waals surface area contributed by atoms with E-state index in [1.54, 1.807) is 0 Å². The van der Waals surface area contributed by atoms with Crippen LogP contribution in [0.1, 0.15) is 71.0 Å². The molecule has 0 amide bonds. The summed E-state index contributed by atoms with van der Waals surface area (Å²) in [5.74, 6) is -0.171. The molecule has 4 nitrogen and oxygen atoms in total. The number of hydrogen-bond donors (Lipinski definition) is 2. The Balaban J connectivity index is 1.87. The molecule has 0 saturated heterocycles. The highest BCUT2D eigenvalue weighted by Gasteiger charge is 2.25. The van der Waals surface area contributed by atoms with Gasteiger partial charge in [-0.05, 0) is 45.1 Å². The maximum atomic E-state index is 12.0. The number of aromatic carboxylic acids is 1. The summed E-state index contributed by atoms with van der Waals surface area (Å²) in [6, 6.07) is 8.90. The van der Waals surface area contributed by atoms with Gasteiger partial charge in [0.05, 0.1) is 5.56 Å². The number of aromatic nitrogens is 1. The molecule has 1 aromatic carbocycles. The van der Waals surface area contributed by atoms with Crippen molar-refractivity contribution in [1.29, 1.82) is 0 Å². The zero-order chi connectivity index (χ0) is 19.6. The van der Waals surface area contributed by atoms with Gasteiger partial charge in [0.1, 0.15) is 0 Å². The monoisotopic (exact) mass is 368 g/mol. The molecule has 1 aliphatic rings. The van der Waals surface area contributed by atoms with E-state index in [0.29, 0.717) is 30.6 Å². The van der Waals surface area contributed by atoms with E-state index in [1.165, 1.54) is 36.8 Å². The van der Waals surface area contributed by atoms with Gasteiger partial charge in [-0.15, -0.1) is 0 Å². The van der Waals surface area contributed by atoms with Crippen LogP contribution in [-0.4, -0.2) is 21.7 Å². The van der Waals surface area contributed by atoms with Crippen molar-refractivity contribution in [2.24, 2.45) is 5.92 Å². The first-order chi connectivity index (χ1) is 12.9. The van der Waals surface area contributed by atoms with Crippen LogP contribution in [0.25, 0.3) is 0 Å². The molecule has 0 spiro atoms. The second-order valence-corrected chi connectivity index (χ2v) is 8.15. The van der Waals surface area contributed by atoms with Crippen LogP contribution in [0.15, 0.2) is 24.3 Å². The van der Waals surface area contributed by atoms with Crippen LogP contribution in [0, 0.1) is 26.7 Å². The lowest BCUT2D eigenvalue weighted by atomic mass is 9.86. The molecule has 2 atom stereocenters. The number of carboxylic acids is 1. The van der Waals surface area contributed by atoms with Crippen molar-refractivity contribution < 1.29 is 9.90 Å². The van der Waals surface area contributed by atoms with Crippen LogP contribution >= 0.6 is 0 Å². The number of rotatable bonds is 6. The van der Waals surface area contributed by atoms with Crippen molar-refractivity contribution in [2.45, 2.75) is 72.5 Å². The van der Waals surface area contributed by atoms with Crippen LogP contribution in [0.2, 0.25) is 0 Å². The van der Waals surface area contributed by atoms with Gasteiger partial charge in [0.15, 0.2) is 0 Å². The Morgan fingerprint density at radius 2 is 1.93 bits per heavy atom. The lowest BCUT2D eigenvalue weighted by molar-refractivity contribution is 0.0694. The van der Waals surface area contributed by atoms with Crippen LogP contribution in [0.5, 0.6) is 0 Å². The average Bonchev–Trinajstić information content (AvgIpc) is 2.85. The molecular weight excluding hydrogens is 336 g/mol. The lowest BCUT2D eigenvalue weighted by Crippen LogP contribution is -2.37. The molecule has 0 radical (unpaired) electrons. The Bertz CT molecular complexity index is 822. The van der Waals surface area contributed by atoms with Crippen molar-refractivity contribution >= 4 is 5.97 Å². The fourth-order valence-electron chi connectivity index (χ4n) is 4.53. The Kier molecular flexibility index (Phi) is 6.05. The molecule has 2 N–H and O–H groups in total. The summed E-state index contributed by atoms with van der Waals surface area (Å²) >= 11 is 0. The molecule has 1 saturated carbocycles. The van der Waals surface area contributed by atoms with Crippen LogP contribution in [0.4, 0.5) is 0 Å². The standard InChI is InChI=1S/C23H32N2O2/c1-15-8-7-10-19(12-15)14-25-17(3)20(22(18(25)4)23(26)27)13-24-21-11-6-5-9-16(21)2/h7-8,10,12,16,21,24H,5-6,9,11,13-14H2,1-4H3,(H,26,27)/t16-,21-/m0/s1. The smallest absolute Gasteiger partial charge is 0.337 e. The molecule has 27 heavy (non-hydrogen) atoms. The summed E-state index contributed by atoms with van der Waals surface area (Å²) in [5, 5.41) is 13.5. The lowest BCUT2D eigenvalue weighted by Gasteiger charge is -2.29. The van der Waals surface area contributed by atoms with E-state index >= 15 is 0 Å². The minimum absolute atomic E-state index is 0.469. The van der Waals surface area contributed by atoms with Gasteiger partial charge in [-0.3, -0.25) is 0 Å². The first-order valence-corrected chi connectivity index (χ1v) is 10.1. The minimum Gasteiger partial charge on any atom is -0.478 e. The van der Waals surface area contributed by atoms with Gasteiger partial charge in [0.25, 0.3) is 0 Å². The summed E-state index contributed by atoms with van der Waals surface area (Å²) in [5.41, 5.74) is 5.73. The average molecular weight is 369 g/mol. The highest BCUT2D eigenvalue weighted by atomic mass is 16.4. The van der Waals surface area contributed by atoms with E-state index in [0.717, 1.165) is 17.0 Å². The molecule has 4 heteroatoms. The van der Waals surface area contributed by atoms with Crippen molar-refractivity contribution in [1.82, 2.24) is 9.88 Å². The number of aryl methyl sites for hydroxylation is 1. The molecule has 1 aliphatic carbocycles. The van der Waals surface area contributed by atoms with Crippen LogP contribution in [0.3, 0.4) is 0 Å². The minimum atomic E-state index is -0.827. The van der Waals surface area contributed by atoms with E-state index in [4.69, 9.17) is 0 Å². The molecule has 3 rings (SSSR count). The molecule has 0 unspecified atom stereocenters. The fourth-order valence-corrected chi connectivity index (χ4v) is 4.53. The Morgan fingerprint density at radius 3 is 2.59 bits per heavy atom. The fraction of sp³-hybridized carbons (Fsp3) is 0.522. The zero-order valence-corrected chi connectivity index (χ0v) is 17.0. The maximum Gasteiger partial charge on any atom is 0.337 e. The Hall–Kier alpha value is -2.07. The third-order valence-electron chi connectivity index (χ3n) is 6.20. The van der Waals surface area contributed by atoms with Gasteiger partial charge >= 0.3 is 5.97 Å². The van der Waals surface area contributed by atoms with E-state index < -0.39 is 5.97 Å².